The van der Waals surface area contributed by atoms with Crippen molar-refractivity contribution >= 4 is 61.2 Å². The van der Waals surface area contributed by atoms with Crippen molar-refractivity contribution in [3.63, 3.8) is 0 Å². The maximum atomic E-state index is 9.12. The van der Waals surface area contributed by atoms with Gasteiger partial charge in [-0.3, -0.25) is 9.47 Å². The topological polar surface area (TPSA) is 34.7 Å². The van der Waals surface area contributed by atoms with Crippen LogP contribution in [0.3, 0.4) is 0 Å². The monoisotopic (exact) mass is 955 g/mol. The molecule has 2 aromatic heterocycles. The van der Waals surface area contributed by atoms with Gasteiger partial charge < -0.3 is 4.74 Å². The SMILES string of the molecule is [2H]c1c([2H])c([2H])c(-c2cc(C3=C4C(=CCC3)c3ccccc3C3=CCCC=C3c3cccc5c3[NH+]4CN5c3cccc(Oc4ccc5c6ccccc6n(-c6cc(C(C)(C)C)ccn6)c5c4)c3)cc(C(C)(C)C)c2)c([2H])c1[2H]. The number of rotatable bonds is 6. The zero-order valence-electron chi connectivity index (χ0n) is 47.4. The average molecular weight is 955 g/mol. The number of hydrogen-bond acceptors (Lipinski definition) is 3. The number of nitrogens with one attached hydrogen (secondary N) is 1. The summed E-state index contributed by atoms with van der Waals surface area (Å²) in [7, 11) is 0. The number of quaternary nitrogens is 1. The Bertz CT molecular complexity index is 4120. The van der Waals surface area contributed by atoms with E-state index in [1.807, 2.05) is 18.3 Å². The van der Waals surface area contributed by atoms with Gasteiger partial charge in [-0.1, -0.05) is 157 Å². The summed E-state index contributed by atoms with van der Waals surface area (Å²) in [6, 6.07) is 48.2. The number of pyridine rings is 1. The molecule has 1 unspecified atom stereocenters. The molecule has 1 atom stereocenters. The van der Waals surface area contributed by atoms with Gasteiger partial charge in [-0.05, 0) is 147 Å². The van der Waals surface area contributed by atoms with Crippen LogP contribution >= 0.6 is 0 Å². The van der Waals surface area contributed by atoms with Crippen LogP contribution in [0, 0.1) is 0 Å². The summed E-state index contributed by atoms with van der Waals surface area (Å²) < 4.78 is 53.2. The second-order valence-electron chi connectivity index (χ2n) is 22.0. The fourth-order valence-electron chi connectivity index (χ4n) is 11.7. The first-order valence-electron chi connectivity index (χ1n) is 28.3. The number of para-hydroxylation sites is 2. The fourth-order valence-corrected chi connectivity index (χ4v) is 11.7. The molecule has 5 nitrogen and oxygen atoms in total. The Morgan fingerprint density at radius 2 is 1.25 bits per heavy atom. The van der Waals surface area contributed by atoms with Gasteiger partial charge in [0.05, 0.1) is 23.6 Å². The highest BCUT2D eigenvalue weighted by Gasteiger charge is 2.43. The summed E-state index contributed by atoms with van der Waals surface area (Å²) in [6.45, 7) is 13.8. The van der Waals surface area contributed by atoms with Crippen molar-refractivity contribution < 1.29 is 16.5 Å². The fraction of sp³-hybridized carbons (Fsp3) is 0.191. The lowest BCUT2D eigenvalue weighted by Gasteiger charge is -2.28. The van der Waals surface area contributed by atoms with Crippen molar-refractivity contribution in [2.45, 2.75) is 78.1 Å². The maximum absolute atomic E-state index is 9.12. The Balaban J connectivity index is 0.975. The van der Waals surface area contributed by atoms with E-state index in [0.717, 1.165) is 87.3 Å². The molecule has 4 heterocycles. The molecule has 2 aliphatic carbocycles. The van der Waals surface area contributed by atoms with E-state index >= 15 is 0 Å². The standard InChI is InChI=1S/C68H60N4O/c1-67(2,3)47-35-36-69-64(40-47)72-61-31-15-14-27-57(61)58-34-33-51(42-63(58)72)73-50-22-16-21-49(41-50)70-43-71-65-52(46-37-45(44-19-8-7-9-20-44)38-48(39-46)68(4,5)6)28-17-29-59(65)55-25-12-10-23-53(55)54-24-11-13-26-56(54)60-30-18-32-62(70)66(60)71/h7-10,12,14-16,18-27,29-42H,11,13,17,28,43H2,1-6H3/p+1/i7D,8D,9D,19D,20D. The van der Waals surface area contributed by atoms with Crippen LogP contribution in [-0.2, 0) is 10.8 Å². The number of ether oxygens (including phenoxy) is 1. The minimum Gasteiger partial charge on any atom is -0.457 e. The van der Waals surface area contributed by atoms with Crippen LogP contribution in [0.2, 0.25) is 0 Å². The molecule has 0 radical (unpaired) electrons. The second-order valence-corrected chi connectivity index (χ2v) is 22.0. The van der Waals surface area contributed by atoms with Gasteiger partial charge in [-0.25, -0.2) is 9.88 Å². The van der Waals surface area contributed by atoms with Crippen LogP contribution < -0.4 is 14.5 Å². The third kappa shape index (κ3) is 7.77. The van der Waals surface area contributed by atoms with E-state index in [9.17, 15) is 0 Å². The average Bonchev–Trinajstić information content (AvgIpc) is 4.03. The zero-order chi connectivity index (χ0) is 53.9. The Kier molecular flexibility index (Phi) is 9.42. The minimum atomic E-state index is -0.394. The quantitative estimate of drug-likeness (QED) is 0.180. The third-order valence-corrected chi connectivity index (χ3v) is 15.3. The van der Waals surface area contributed by atoms with E-state index in [2.05, 4.69) is 197 Å². The van der Waals surface area contributed by atoms with Gasteiger partial charge in [0.25, 0.3) is 0 Å². The van der Waals surface area contributed by atoms with E-state index in [-0.39, 0.29) is 40.6 Å². The van der Waals surface area contributed by atoms with E-state index in [0.29, 0.717) is 12.2 Å². The van der Waals surface area contributed by atoms with Crippen molar-refractivity contribution in [3.05, 3.63) is 233 Å². The Morgan fingerprint density at radius 3 is 2.05 bits per heavy atom. The third-order valence-electron chi connectivity index (χ3n) is 15.3. The van der Waals surface area contributed by atoms with Crippen molar-refractivity contribution in [2.24, 2.45) is 0 Å². The molecule has 9 aromatic rings. The number of aromatic nitrogens is 2. The number of hydrogen-bond donors (Lipinski definition) is 1. The molecule has 0 spiro atoms. The molecule has 0 bridgehead atoms. The summed E-state index contributed by atoms with van der Waals surface area (Å²) in [4.78, 5) is 8.59. The van der Waals surface area contributed by atoms with E-state index in [4.69, 9.17) is 16.6 Å². The van der Waals surface area contributed by atoms with Crippen molar-refractivity contribution in [1.82, 2.24) is 9.55 Å². The number of benzene rings is 7. The van der Waals surface area contributed by atoms with Crippen LogP contribution in [-0.4, -0.2) is 16.2 Å². The molecule has 5 heteroatoms. The predicted octanol–water partition coefficient (Wildman–Crippen LogP) is 16.7. The zero-order valence-corrected chi connectivity index (χ0v) is 42.4. The molecule has 0 amide bonds. The molecular weight excluding hydrogens is 889 g/mol. The molecule has 358 valence electrons. The van der Waals surface area contributed by atoms with Gasteiger partial charge >= 0.3 is 0 Å². The lowest BCUT2D eigenvalue weighted by molar-refractivity contribution is -0.777. The van der Waals surface area contributed by atoms with Crippen LogP contribution in [0.4, 0.5) is 17.1 Å². The van der Waals surface area contributed by atoms with Gasteiger partial charge in [-0.2, -0.15) is 0 Å². The van der Waals surface area contributed by atoms with Gasteiger partial charge in [0.1, 0.15) is 28.7 Å². The van der Waals surface area contributed by atoms with Crippen LogP contribution in [0.15, 0.2) is 200 Å². The molecule has 13 rings (SSSR count). The Morgan fingerprint density at radius 1 is 0.562 bits per heavy atom. The lowest BCUT2D eigenvalue weighted by Crippen LogP contribution is -3.05. The Hall–Kier alpha value is -7.99. The molecule has 73 heavy (non-hydrogen) atoms. The first-order valence-corrected chi connectivity index (χ1v) is 25.8. The molecule has 0 fully saturated rings. The molecular formula is C68H61N4O+. The first-order chi connectivity index (χ1) is 37.5. The minimum absolute atomic E-state index is 0.0448. The van der Waals surface area contributed by atoms with Gasteiger partial charge in [0, 0.05) is 45.8 Å². The summed E-state index contributed by atoms with van der Waals surface area (Å²) in [5, 5.41) is 2.29. The molecule has 1 N–H and O–H groups in total. The van der Waals surface area contributed by atoms with Gasteiger partial charge in [0.15, 0.2) is 12.4 Å². The number of fused-ring (bicyclic) bond motifs is 10. The van der Waals surface area contributed by atoms with E-state index in [1.165, 1.54) is 60.8 Å². The normalized spacial score (nSPS) is 17.3. The molecule has 0 saturated carbocycles. The highest BCUT2D eigenvalue weighted by molar-refractivity contribution is 6.12. The van der Waals surface area contributed by atoms with Crippen LogP contribution in [0.25, 0.3) is 61.0 Å². The summed E-state index contributed by atoms with van der Waals surface area (Å²) in [6.07, 6.45) is 12.7. The van der Waals surface area contributed by atoms with Crippen molar-refractivity contribution in [1.29, 1.82) is 0 Å². The van der Waals surface area contributed by atoms with Crippen molar-refractivity contribution in [2.75, 3.05) is 11.6 Å². The summed E-state index contributed by atoms with van der Waals surface area (Å²) in [5.74, 6) is 2.32. The van der Waals surface area contributed by atoms with E-state index < -0.39 is 6.04 Å². The Labute approximate surface area is 436 Å². The maximum Gasteiger partial charge on any atom is 0.169 e. The van der Waals surface area contributed by atoms with Crippen molar-refractivity contribution in [3.8, 4) is 28.4 Å². The van der Waals surface area contributed by atoms with E-state index in [1.54, 1.807) is 0 Å². The largest absolute Gasteiger partial charge is 0.457 e. The number of allylic oxidation sites excluding steroid dienone is 7. The molecule has 7 aromatic carbocycles. The van der Waals surface area contributed by atoms with Gasteiger partial charge in [-0.15, -0.1) is 0 Å². The molecule has 4 aliphatic rings. The highest BCUT2D eigenvalue weighted by Crippen LogP contribution is 2.50. The van der Waals surface area contributed by atoms with Crippen LogP contribution in [0.1, 0.15) is 107 Å². The lowest BCUT2D eigenvalue weighted by atomic mass is 9.79. The smallest absolute Gasteiger partial charge is 0.169 e. The second kappa shape index (κ2) is 17.4. The van der Waals surface area contributed by atoms with Crippen LogP contribution in [0.5, 0.6) is 11.5 Å². The highest BCUT2D eigenvalue weighted by atomic mass is 16.5. The molecule has 0 saturated heterocycles. The first kappa shape index (κ1) is 39.6. The number of anilines is 2. The predicted molar refractivity (Wildman–Crippen MR) is 304 cm³/mol. The summed E-state index contributed by atoms with van der Waals surface area (Å²) >= 11 is 0. The van der Waals surface area contributed by atoms with Gasteiger partial charge in [0.2, 0.25) is 0 Å². The molecule has 2 aliphatic heterocycles. The summed E-state index contributed by atoms with van der Waals surface area (Å²) in [5.41, 5.74) is 18.8. The number of nitrogens with zero attached hydrogens (tertiary/aromatic N) is 3.